The van der Waals surface area contributed by atoms with Gasteiger partial charge >= 0.3 is 44.1 Å². The molecule has 1 atom stereocenters. The van der Waals surface area contributed by atoms with Crippen molar-refractivity contribution in [2.45, 2.75) is 24.0 Å². The van der Waals surface area contributed by atoms with Gasteiger partial charge in [0.1, 0.15) is 0 Å². The van der Waals surface area contributed by atoms with Crippen LogP contribution in [-0.2, 0) is 60.4 Å². The number of sulfone groups is 1. The summed E-state index contributed by atoms with van der Waals surface area (Å²) in [5, 5.41) is 0. The summed E-state index contributed by atoms with van der Waals surface area (Å²) in [4.78, 5) is 35.7. The summed E-state index contributed by atoms with van der Waals surface area (Å²) in [6.45, 7) is -0.141. The van der Waals surface area contributed by atoms with Crippen LogP contribution in [0.25, 0.3) is 0 Å². The Morgan fingerprint density at radius 3 is 2.44 bits per heavy atom. The number of hydrogen-bond acceptors (Lipinski definition) is 5. The van der Waals surface area contributed by atoms with Gasteiger partial charge in [-0.1, -0.05) is 30.4 Å². The second-order valence-electron chi connectivity index (χ2n) is 5.27. The Morgan fingerprint density at radius 1 is 1.12 bits per heavy atom. The second kappa shape index (κ2) is 7.76. The smallest absolute Gasteiger partial charge is 0.539 e. The molecule has 8 nitrogen and oxygen atoms in total. The number of nitrogens with zero attached hydrogens (tertiary/aromatic N) is 3. The number of benzene rings is 1. The van der Waals surface area contributed by atoms with E-state index in [0.717, 1.165) is 13.9 Å². The first-order valence-electron chi connectivity index (χ1n) is 7.20. The van der Waals surface area contributed by atoms with Gasteiger partial charge in [0.25, 0.3) is 0 Å². The third kappa shape index (κ3) is 3.68. The number of carbonyl (C=O) groups excluding carboxylic acids is 1. The van der Waals surface area contributed by atoms with E-state index in [9.17, 15) is 22.8 Å². The molecule has 0 radical (unpaired) electrons. The number of hydrogen-bond donors (Lipinski definition) is 0. The Balaban J connectivity index is 0.00000225. The quantitative estimate of drug-likeness (QED) is 0.464. The predicted octanol–water partition coefficient (Wildman–Crippen LogP) is -0.497. The molecule has 126 valence electrons. The van der Waals surface area contributed by atoms with Gasteiger partial charge in [0, 0.05) is 6.54 Å². The Hall–Kier alpha value is -1.58. The number of fused-ring (bicyclic) bond motifs is 1. The SMILES string of the molecule is O=[C-]C1C=CCn2c(=O)n(CCS(=O)(=O)c3ccccc3)c(=O)n21.[Y+3]. The van der Waals surface area contributed by atoms with Gasteiger partial charge < -0.3 is 4.79 Å². The molecule has 0 saturated carbocycles. The van der Waals surface area contributed by atoms with E-state index in [4.69, 9.17) is 0 Å². The molecule has 1 unspecified atom stereocenters. The average molecular weight is 437 g/mol. The zero-order chi connectivity index (χ0) is 17.3. The molecule has 1 aromatic carbocycles. The first-order chi connectivity index (χ1) is 11.5. The van der Waals surface area contributed by atoms with Crippen LogP contribution in [0.5, 0.6) is 0 Å². The molecule has 3 rings (SSSR count). The maximum absolute atomic E-state index is 12.4. The van der Waals surface area contributed by atoms with Gasteiger partial charge in [0.05, 0.1) is 17.2 Å². The summed E-state index contributed by atoms with van der Waals surface area (Å²) in [5.74, 6) is -0.390. The van der Waals surface area contributed by atoms with Crippen molar-refractivity contribution in [3.8, 4) is 0 Å². The number of allylic oxidation sites excluding steroid dienone is 2. The molecule has 0 N–H and O–H groups in total. The Labute approximate surface area is 168 Å². The molecule has 0 amide bonds. The summed E-state index contributed by atoms with van der Waals surface area (Å²) in [7, 11) is -3.62. The van der Waals surface area contributed by atoms with Gasteiger partial charge in [-0.3, -0.25) is 4.68 Å². The van der Waals surface area contributed by atoms with Gasteiger partial charge in [0.15, 0.2) is 9.84 Å². The molecule has 0 bridgehead atoms. The first kappa shape index (κ1) is 19.7. The van der Waals surface area contributed by atoms with Crippen molar-refractivity contribution >= 4 is 16.1 Å². The first-order valence-corrected chi connectivity index (χ1v) is 8.85. The summed E-state index contributed by atoms with van der Waals surface area (Å²) >= 11 is 0. The van der Waals surface area contributed by atoms with Gasteiger partial charge in [-0.25, -0.2) is 33.5 Å². The molecule has 2 heterocycles. The summed E-state index contributed by atoms with van der Waals surface area (Å²) in [6, 6.07) is 6.82. The third-order valence-electron chi connectivity index (χ3n) is 3.81. The van der Waals surface area contributed by atoms with E-state index in [1.54, 1.807) is 30.6 Å². The summed E-state index contributed by atoms with van der Waals surface area (Å²) < 4.78 is 27.5. The van der Waals surface area contributed by atoms with Crippen LogP contribution in [0.2, 0.25) is 0 Å². The monoisotopic (exact) mass is 437 g/mol. The molecule has 0 spiro atoms. The predicted molar refractivity (Wildman–Crippen MR) is 85.3 cm³/mol. The average Bonchev–Trinajstić information content (AvgIpc) is 2.85. The van der Waals surface area contributed by atoms with Gasteiger partial charge in [-0.05, 0) is 18.2 Å². The molecule has 0 fully saturated rings. The van der Waals surface area contributed by atoms with Crippen molar-refractivity contribution in [3.05, 3.63) is 63.5 Å². The van der Waals surface area contributed by atoms with Crippen LogP contribution < -0.4 is 11.4 Å². The van der Waals surface area contributed by atoms with Crippen LogP contribution in [0.3, 0.4) is 0 Å². The Kier molecular flexibility index (Phi) is 6.13. The molecular weight excluding hydrogens is 423 g/mol. The number of rotatable bonds is 5. The summed E-state index contributed by atoms with van der Waals surface area (Å²) in [6.07, 6.45) is 4.73. The second-order valence-corrected chi connectivity index (χ2v) is 7.38. The van der Waals surface area contributed by atoms with Crippen LogP contribution in [0, 0.1) is 0 Å². The van der Waals surface area contributed by atoms with E-state index >= 15 is 0 Å². The maximum Gasteiger partial charge on any atom is 3.00 e. The Bertz CT molecular complexity index is 1020. The standard InChI is InChI=1S/C15H14N3O5S.Y/c19-11-12-5-4-8-17-14(20)16(15(21)18(12)17)9-10-24(22,23)13-6-2-1-3-7-13;/h1-7,12H,8-10H2;/q-1;+3. The Morgan fingerprint density at radius 2 is 1.80 bits per heavy atom. The largest absolute Gasteiger partial charge is 3.00 e. The van der Waals surface area contributed by atoms with Crippen LogP contribution in [0.1, 0.15) is 6.04 Å². The molecule has 1 aliphatic heterocycles. The maximum atomic E-state index is 12.4. The van der Waals surface area contributed by atoms with Crippen molar-refractivity contribution in [2.75, 3.05) is 5.75 Å². The molecule has 2 aromatic rings. The van der Waals surface area contributed by atoms with E-state index in [1.807, 2.05) is 0 Å². The van der Waals surface area contributed by atoms with E-state index < -0.39 is 27.3 Å². The van der Waals surface area contributed by atoms with Crippen molar-refractivity contribution in [3.63, 3.8) is 0 Å². The van der Waals surface area contributed by atoms with Gasteiger partial charge in [-0.2, -0.15) is 0 Å². The van der Waals surface area contributed by atoms with Crippen molar-refractivity contribution in [1.29, 1.82) is 0 Å². The minimum absolute atomic E-state index is 0. The minimum Gasteiger partial charge on any atom is -0.539 e. The molecular formula is C15H14N3O5SY+2. The fourth-order valence-electron chi connectivity index (χ4n) is 2.58. The van der Waals surface area contributed by atoms with Crippen molar-refractivity contribution < 1.29 is 45.9 Å². The molecule has 25 heavy (non-hydrogen) atoms. The molecule has 1 aromatic heterocycles. The van der Waals surface area contributed by atoms with Gasteiger partial charge in [-0.15, -0.1) is 0 Å². The molecule has 0 aliphatic carbocycles. The topological polar surface area (TPSA) is 100 Å². The van der Waals surface area contributed by atoms with Crippen LogP contribution in [0.4, 0.5) is 0 Å². The van der Waals surface area contributed by atoms with Crippen LogP contribution in [0.15, 0.2) is 57.0 Å². The van der Waals surface area contributed by atoms with E-state index in [0.29, 0.717) is 0 Å². The van der Waals surface area contributed by atoms with Crippen molar-refractivity contribution in [2.24, 2.45) is 0 Å². The van der Waals surface area contributed by atoms with E-state index in [-0.39, 0.29) is 56.4 Å². The van der Waals surface area contributed by atoms with Crippen LogP contribution >= 0.6 is 0 Å². The molecule has 10 heteroatoms. The minimum atomic E-state index is -3.62. The molecule has 1 aliphatic rings. The van der Waals surface area contributed by atoms with E-state index in [2.05, 4.69) is 0 Å². The zero-order valence-corrected chi connectivity index (χ0v) is 16.8. The normalized spacial score (nSPS) is 16.1. The van der Waals surface area contributed by atoms with Gasteiger partial charge in [0.2, 0.25) is 0 Å². The fraction of sp³-hybridized carbons (Fsp3) is 0.267. The number of aromatic nitrogens is 3. The van der Waals surface area contributed by atoms with Crippen LogP contribution in [-0.4, -0.2) is 34.4 Å². The zero-order valence-electron chi connectivity index (χ0n) is 13.1. The van der Waals surface area contributed by atoms with Crippen molar-refractivity contribution in [1.82, 2.24) is 13.9 Å². The van der Waals surface area contributed by atoms with E-state index in [1.165, 1.54) is 18.2 Å². The third-order valence-corrected chi connectivity index (χ3v) is 5.52. The molecule has 0 saturated heterocycles. The fourth-order valence-corrected chi connectivity index (χ4v) is 3.81. The summed E-state index contributed by atoms with van der Waals surface area (Å²) in [5.41, 5.74) is -1.37.